The van der Waals surface area contributed by atoms with Crippen LogP contribution in [0.3, 0.4) is 0 Å². The zero-order chi connectivity index (χ0) is 64.4. The number of hydrogen-bond acceptors (Lipinski definition) is 32. The number of hydrogen-bond donors (Lipinski definition) is 15. The fourth-order valence-corrected chi connectivity index (χ4v) is 10.1. The first-order valence-corrected chi connectivity index (χ1v) is 27.7. The van der Waals surface area contributed by atoms with Gasteiger partial charge in [0.15, 0.2) is 37.4 Å². The molecule has 0 unspecified atom stereocenters. The molecule has 0 aromatic heterocycles. The van der Waals surface area contributed by atoms with E-state index >= 15 is 0 Å². The number of phenolic OH excluding ortho intramolecular Hbond substituents is 2. The van der Waals surface area contributed by atoms with Gasteiger partial charge in [0.2, 0.25) is 5.79 Å². The Hall–Kier alpha value is -6.26. The second kappa shape index (κ2) is 30.7. The van der Waals surface area contributed by atoms with Crippen LogP contribution in [0.5, 0.6) is 11.5 Å². The van der Waals surface area contributed by atoms with E-state index in [1.165, 1.54) is 84.9 Å². The van der Waals surface area contributed by atoms with Gasteiger partial charge in [-0.05, 0) is 59.7 Å². The number of phenols is 2. The minimum Gasteiger partial charge on any atom is -0.508 e. The van der Waals surface area contributed by atoms with Gasteiger partial charge in [-0.3, -0.25) is 4.79 Å². The molecule has 0 spiro atoms. The molecule has 0 bridgehead atoms. The van der Waals surface area contributed by atoms with Crippen LogP contribution < -0.4 is 0 Å². The summed E-state index contributed by atoms with van der Waals surface area (Å²) >= 11 is 0. The summed E-state index contributed by atoms with van der Waals surface area (Å²) in [6, 6.07) is 17.9. The number of esters is 4. The van der Waals surface area contributed by atoms with Gasteiger partial charge in [-0.25, -0.2) is 14.4 Å². The summed E-state index contributed by atoms with van der Waals surface area (Å²) < 4.78 is 77.6. The number of carbonyl (C=O) groups is 4. The molecule has 0 radical (unpaired) electrons. The SMILES string of the molecule is CC(=O)OC[C@H]1O[C@@H](O[C@@H]2[C@@H](O[C@@H]3O[C@@H](CO)[C@@H](O)[C@H](O)[C@H]3O)[C@@H](O[C@@]3(COC(=O)/C=C/c4ccc(O)cc4)O[C@H](CO)[C@@H](O)[C@@H]3OC(=O)c3ccccc3)O[C@H](CO)[C@H]2OC(=O)/C=C/c2ccc(O)cc2)[C@H](O)[C@H](O[C@@H]2O[C@H](CO)[C@H](O)[C@@H](O)[C@H]2O)[C@H]1O. The number of aliphatic hydroxyl groups excluding tert-OH is 13. The molecule has 0 saturated carbocycles. The molecule has 3 aromatic rings. The minimum atomic E-state index is -2.97. The highest BCUT2D eigenvalue weighted by Gasteiger charge is 2.64. The normalized spacial score (nSPS) is 37.4. The van der Waals surface area contributed by atoms with E-state index in [4.69, 9.17) is 61.6 Å². The number of benzene rings is 3. The van der Waals surface area contributed by atoms with Gasteiger partial charge in [-0.1, -0.05) is 42.5 Å². The first kappa shape index (κ1) is 68.6. The maximum absolute atomic E-state index is 14.1. The average molecular weight is 1270 g/mol. The Kier molecular flexibility index (Phi) is 23.7. The molecule has 89 heavy (non-hydrogen) atoms. The van der Waals surface area contributed by atoms with Gasteiger partial charge in [0.05, 0.1) is 32.0 Å². The zero-order valence-corrected chi connectivity index (χ0v) is 47.0. The summed E-state index contributed by atoms with van der Waals surface area (Å²) in [7, 11) is 0. The van der Waals surface area contributed by atoms with Crippen LogP contribution in [0.2, 0.25) is 0 Å². The second-order valence-corrected chi connectivity index (χ2v) is 21.1. The Bertz CT molecular complexity index is 2840. The van der Waals surface area contributed by atoms with Crippen molar-refractivity contribution in [3.63, 3.8) is 0 Å². The molecule has 0 amide bonds. The van der Waals surface area contributed by atoms with E-state index in [2.05, 4.69) is 0 Å². The van der Waals surface area contributed by atoms with Gasteiger partial charge in [0.25, 0.3) is 0 Å². The Morgan fingerprint density at radius 1 is 0.472 bits per heavy atom. The van der Waals surface area contributed by atoms with Crippen LogP contribution in [0.4, 0.5) is 0 Å². The fraction of sp³-hybridized carbons (Fsp3) is 0.544. The lowest BCUT2D eigenvalue weighted by atomic mass is 9.95. The lowest BCUT2D eigenvalue weighted by molar-refractivity contribution is -0.423. The predicted octanol–water partition coefficient (Wildman–Crippen LogP) is -5.55. The number of aromatic hydroxyl groups is 2. The van der Waals surface area contributed by atoms with Gasteiger partial charge in [0.1, 0.15) is 128 Å². The van der Waals surface area contributed by atoms with Crippen LogP contribution in [0.25, 0.3) is 12.2 Å². The molecule has 32 nitrogen and oxygen atoms in total. The number of rotatable bonds is 23. The fourth-order valence-electron chi connectivity index (χ4n) is 10.1. The first-order valence-electron chi connectivity index (χ1n) is 27.7. The lowest BCUT2D eigenvalue weighted by Crippen LogP contribution is -2.69. The predicted molar refractivity (Wildman–Crippen MR) is 288 cm³/mol. The van der Waals surface area contributed by atoms with Gasteiger partial charge in [0, 0.05) is 19.1 Å². The summed E-state index contributed by atoms with van der Waals surface area (Å²) in [6.45, 7) is -5.52. The van der Waals surface area contributed by atoms with Crippen LogP contribution in [0.15, 0.2) is 91.0 Å². The van der Waals surface area contributed by atoms with E-state index in [1.54, 1.807) is 6.07 Å². The third-order valence-electron chi connectivity index (χ3n) is 14.9. The van der Waals surface area contributed by atoms with Crippen LogP contribution >= 0.6 is 0 Å². The molecular formula is C57H70O32. The van der Waals surface area contributed by atoms with Gasteiger partial charge in [-0.15, -0.1) is 0 Å². The van der Waals surface area contributed by atoms with E-state index in [0.29, 0.717) is 11.1 Å². The molecule has 5 heterocycles. The Morgan fingerprint density at radius 3 is 1.48 bits per heavy atom. The summed E-state index contributed by atoms with van der Waals surface area (Å²) in [5, 5.41) is 164. The topological polar surface area (TPSA) is 492 Å². The molecule has 24 atom stereocenters. The smallest absolute Gasteiger partial charge is 0.338 e. The van der Waals surface area contributed by atoms with Crippen molar-refractivity contribution in [2.45, 2.75) is 154 Å². The van der Waals surface area contributed by atoms with E-state index in [1.807, 2.05) is 0 Å². The van der Waals surface area contributed by atoms with Crippen LogP contribution in [-0.4, -0.2) is 287 Å². The molecule has 15 N–H and O–H groups in total. The monoisotopic (exact) mass is 1270 g/mol. The average Bonchev–Trinajstić information content (AvgIpc) is 1.75. The molecule has 5 fully saturated rings. The second-order valence-electron chi connectivity index (χ2n) is 21.1. The van der Waals surface area contributed by atoms with Crippen molar-refractivity contribution in [1.29, 1.82) is 0 Å². The summed E-state index contributed by atoms with van der Waals surface area (Å²) in [6.07, 6.45) is -44.9. The first-order chi connectivity index (χ1) is 42.5. The highest BCUT2D eigenvalue weighted by atomic mass is 16.8. The number of ether oxygens (including phenoxy) is 13. The molecule has 8 rings (SSSR count). The largest absolute Gasteiger partial charge is 0.508 e. The standard InChI is InChI=1S/C57H70O32/c1-25(62)77-23-35-40(69)48(84-53-44(73)42(71)38(67)31(19-58)79-53)46(75)55(82-35)85-49-47(83-37(66)18-12-27-9-15-30(64)16-10-27)34(22-61)81-56(50(49)86-54-45(74)43(72)39(68)32(20-59)80-54)89-57(24-78-36(65)17-11-26-7-13-29(63)14-8-26)51(41(70)33(21-60)88-57)87-52(76)28-5-3-2-4-6-28/h2-18,31-35,38-51,53-56,58-61,63-64,67-75H,19-24H2,1H3/b17-11+,18-12+/t31-,32+,33-,34-,35-,38+,39-,40+,41-,42-,43+,44-,45-,46-,47-,48-,49+,50-,51+,53+,54+,55+,56-,57-/m1/s1. The molecule has 32 heteroatoms. The van der Waals surface area contributed by atoms with Crippen molar-refractivity contribution in [2.75, 3.05) is 39.6 Å². The molecule has 490 valence electrons. The van der Waals surface area contributed by atoms with Crippen molar-refractivity contribution in [1.82, 2.24) is 0 Å². The van der Waals surface area contributed by atoms with E-state index < -0.39 is 210 Å². The van der Waals surface area contributed by atoms with Gasteiger partial charge < -0.3 is 138 Å². The van der Waals surface area contributed by atoms with E-state index in [9.17, 15) is 95.8 Å². The van der Waals surface area contributed by atoms with Crippen LogP contribution in [-0.2, 0) is 76.0 Å². The van der Waals surface area contributed by atoms with Crippen molar-refractivity contribution in [2.24, 2.45) is 0 Å². The van der Waals surface area contributed by atoms with Crippen LogP contribution in [0.1, 0.15) is 28.4 Å². The number of carbonyl (C=O) groups excluding carboxylic acids is 4. The highest BCUT2D eigenvalue weighted by Crippen LogP contribution is 2.42. The maximum atomic E-state index is 14.1. The summed E-state index contributed by atoms with van der Waals surface area (Å²) in [5.74, 6) is -7.81. The van der Waals surface area contributed by atoms with Crippen molar-refractivity contribution < 1.29 is 157 Å². The molecule has 5 saturated heterocycles. The van der Waals surface area contributed by atoms with Gasteiger partial charge in [-0.2, -0.15) is 0 Å². The van der Waals surface area contributed by atoms with Crippen molar-refractivity contribution >= 4 is 36.0 Å². The molecular weight excluding hydrogens is 1200 g/mol. The third kappa shape index (κ3) is 16.3. The van der Waals surface area contributed by atoms with Crippen molar-refractivity contribution in [3.8, 4) is 11.5 Å². The Balaban J connectivity index is 1.27. The summed E-state index contributed by atoms with van der Waals surface area (Å²) in [5.41, 5.74) is 0.548. The van der Waals surface area contributed by atoms with Gasteiger partial charge >= 0.3 is 23.9 Å². The Morgan fingerprint density at radius 2 is 0.955 bits per heavy atom. The zero-order valence-electron chi connectivity index (χ0n) is 47.0. The summed E-state index contributed by atoms with van der Waals surface area (Å²) in [4.78, 5) is 54.1. The molecule has 3 aromatic carbocycles. The van der Waals surface area contributed by atoms with Crippen molar-refractivity contribution in [3.05, 3.63) is 108 Å². The minimum absolute atomic E-state index is 0.105. The molecule has 0 aliphatic carbocycles. The number of aliphatic hydroxyl groups is 13. The third-order valence-corrected chi connectivity index (χ3v) is 14.9. The van der Waals surface area contributed by atoms with E-state index in [-0.39, 0.29) is 17.1 Å². The maximum Gasteiger partial charge on any atom is 0.338 e. The molecule has 5 aliphatic rings. The lowest BCUT2D eigenvalue weighted by Gasteiger charge is -2.51. The quantitative estimate of drug-likeness (QED) is 0.0239. The van der Waals surface area contributed by atoms with Crippen LogP contribution in [0, 0.1) is 0 Å². The highest BCUT2D eigenvalue weighted by molar-refractivity contribution is 5.90. The Labute approximate surface area is 504 Å². The molecule has 5 aliphatic heterocycles. The van der Waals surface area contributed by atoms with E-state index in [0.717, 1.165) is 19.1 Å².